The van der Waals surface area contributed by atoms with E-state index in [0.717, 1.165) is 12.0 Å². The van der Waals surface area contributed by atoms with Gasteiger partial charge in [0.15, 0.2) is 0 Å². The number of ether oxygens (including phenoxy) is 1. The largest absolute Gasteiger partial charge is 0.508 e. The minimum absolute atomic E-state index is 0.222. The van der Waals surface area contributed by atoms with Crippen LogP contribution in [0.3, 0.4) is 0 Å². The zero-order valence-corrected chi connectivity index (χ0v) is 7.53. The van der Waals surface area contributed by atoms with E-state index in [1.165, 1.54) is 0 Å². The van der Waals surface area contributed by atoms with Crippen molar-refractivity contribution in [3.63, 3.8) is 0 Å². The average molecular weight is 179 g/mol. The van der Waals surface area contributed by atoms with Crippen molar-refractivity contribution in [1.82, 2.24) is 0 Å². The molecule has 2 unspecified atom stereocenters. The Morgan fingerprint density at radius 1 is 1.54 bits per heavy atom. The molecule has 13 heavy (non-hydrogen) atoms. The van der Waals surface area contributed by atoms with Crippen LogP contribution in [0.25, 0.3) is 0 Å². The third-order valence-electron chi connectivity index (χ3n) is 2.48. The van der Waals surface area contributed by atoms with E-state index in [4.69, 9.17) is 10.5 Å². The summed E-state index contributed by atoms with van der Waals surface area (Å²) in [7, 11) is 1.58. The SMILES string of the molecule is COc1ccc(C2CC2N)c(O)c1. The Morgan fingerprint density at radius 3 is 2.69 bits per heavy atom. The van der Waals surface area contributed by atoms with Crippen LogP contribution in [-0.2, 0) is 0 Å². The van der Waals surface area contributed by atoms with Gasteiger partial charge < -0.3 is 15.6 Å². The summed E-state index contributed by atoms with van der Waals surface area (Å²) in [4.78, 5) is 0. The van der Waals surface area contributed by atoms with Crippen LogP contribution in [0.1, 0.15) is 17.9 Å². The summed E-state index contributed by atoms with van der Waals surface area (Å²) >= 11 is 0. The third-order valence-corrected chi connectivity index (χ3v) is 2.48. The molecular weight excluding hydrogens is 166 g/mol. The van der Waals surface area contributed by atoms with Gasteiger partial charge in [0.2, 0.25) is 0 Å². The van der Waals surface area contributed by atoms with Gasteiger partial charge in [-0.1, -0.05) is 6.07 Å². The second kappa shape index (κ2) is 2.92. The Hall–Kier alpha value is -1.22. The van der Waals surface area contributed by atoms with Crippen LogP contribution in [0.5, 0.6) is 11.5 Å². The fraction of sp³-hybridized carbons (Fsp3) is 0.400. The van der Waals surface area contributed by atoms with Gasteiger partial charge in [-0.2, -0.15) is 0 Å². The van der Waals surface area contributed by atoms with E-state index in [0.29, 0.717) is 11.7 Å². The summed E-state index contributed by atoms with van der Waals surface area (Å²) in [6.07, 6.45) is 0.972. The van der Waals surface area contributed by atoms with Gasteiger partial charge in [-0.25, -0.2) is 0 Å². The van der Waals surface area contributed by atoms with Crippen LogP contribution in [0, 0.1) is 0 Å². The Balaban J connectivity index is 2.27. The fourth-order valence-electron chi connectivity index (χ4n) is 1.54. The predicted molar refractivity (Wildman–Crippen MR) is 50.0 cm³/mol. The molecule has 0 spiro atoms. The van der Waals surface area contributed by atoms with Crippen molar-refractivity contribution in [3.8, 4) is 11.5 Å². The quantitative estimate of drug-likeness (QED) is 0.717. The van der Waals surface area contributed by atoms with Gasteiger partial charge in [0, 0.05) is 18.0 Å². The Morgan fingerprint density at radius 2 is 2.23 bits per heavy atom. The van der Waals surface area contributed by atoms with E-state index < -0.39 is 0 Å². The molecule has 0 bridgehead atoms. The van der Waals surface area contributed by atoms with Crippen molar-refractivity contribution in [2.24, 2.45) is 5.73 Å². The van der Waals surface area contributed by atoms with E-state index in [1.807, 2.05) is 12.1 Å². The highest BCUT2D eigenvalue weighted by molar-refractivity contribution is 5.44. The van der Waals surface area contributed by atoms with Gasteiger partial charge in [0.05, 0.1) is 7.11 Å². The molecule has 1 saturated carbocycles. The standard InChI is InChI=1S/C10H13NO2/c1-13-6-2-3-7(10(12)4-6)8-5-9(8)11/h2-4,8-9,12H,5,11H2,1H3. The first-order chi connectivity index (χ1) is 6.22. The number of hydrogen-bond donors (Lipinski definition) is 2. The molecule has 1 fully saturated rings. The third kappa shape index (κ3) is 1.47. The molecule has 1 aromatic carbocycles. The molecule has 2 rings (SSSR count). The number of hydrogen-bond acceptors (Lipinski definition) is 3. The van der Waals surface area contributed by atoms with Crippen LogP contribution in [0.4, 0.5) is 0 Å². The van der Waals surface area contributed by atoms with Crippen molar-refractivity contribution in [2.45, 2.75) is 18.4 Å². The lowest BCUT2D eigenvalue weighted by Crippen LogP contribution is -2.01. The summed E-state index contributed by atoms with van der Waals surface area (Å²) in [5.41, 5.74) is 6.63. The molecule has 1 aliphatic rings. The van der Waals surface area contributed by atoms with E-state index in [2.05, 4.69) is 0 Å². The van der Waals surface area contributed by atoms with Crippen LogP contribution in [0.2, 0.25) is 0 Å². The number of benzene rings is 1. The molecule has 3 N–H and O–H groups in total. The first-order valence-electron chi connectivity index (χ1n) is 4.35. The monoisotopic (exact) mass is 179 g/mol. The highest BCUT2D eigenvalue weighted by Crippen LogP contribution is 2.43. The van der Waals surface area contributed by atoms with Crippen molar-refractivity contribution in [1.29, 1.82) is 0 Å². The minimum Gasteiger partial charge on any atom is -0.508 e. The molecule has 2 atom stereocenters. The normalized spacial score (nSPS) is 25.7. The van der Waals surface area contributed by atoms with Crippen LogP contribution >= 0.6 is 0 Å². The zero-order valence-electron chi connectivity index (χ0n) is 7.53. The number of nitrogens with two attached hydrogens (primary N) is 1. The molecule has 0 radical (unpaired) electrons. The lowest BCUT2D eigenvalue weighted by Gasteiger charge is -2.05. The van der Waals surface area contributed by atoms with Crippen molar-refractivity contribution < 1.29 is 9.84 Å². The molecule has 1 aromatic rings. The lowest BCUT2D eigenvalue weighted by molar-refractivity contribution is 0.406. The molecule has 0 aliphatic heterocycles. The van der Waals surface area contributed by atoms with Crippen LogP contribution in [-0.4, -0.2) is 18.3 Å². The number of phenols is 1. The number of rotatable bonds is 2. The lowest BCUT2D eigenvalue weighted by atomic mass is 10.1. The molecule has 0 aromatic heterocycles. The molecule has 3 nitrogen and oxygen atoms in total. The van der Waals surface area contributed by atoms with Gasteiger partial charge >= 0.3 is 0 Å². The molecule has 1 aliphatic carbocycles. The molecule has 0 saturated heterocycles. The maximum atomic E-state index is 9.62. The van der Waals surface area contributed by atoms with E-state index in [9.17, 15) is 5.11 Å². The second-order valence-corrected chi connectivity index (χ2v) is 3.43. The molecule has 3 heteroatoms. The molecule has 0 amide bonds. The minimum atomic E-state index is 0.222. The van der Waals surface area contributed by atoms with E-state index >= 15 is 0 Å². The summed E-state index contributed by atoms with van der Waals surface area (Å²) in [5, 5.41) is 9.62. The van der Waals surface area contributed by atoms with Crippen LogP contribution in [0.15, 0.2) is 18.2 Å². The van der Waals surface area contributed by atoms with E-state index in [1.54, 1.807) is 13.2 Å². The Bertz CT molecular complexity index is 325. The number of phenolic OH excluding ortho intramolecular Hbond substituents is 1. The maximum Gasteiger partial charge on any atom is 0.122 e. The Labute approximate surface area is 77.1 Å². The topological polar surface area (TPSA) is 55.5 Å². The highest BCUT2D eigenvalue weighted by atomic mass is 16.5. The van der Waals surface area contributed by atoms with Gasteiger partial charge in [0.25, 0.3) is 0 Å². The number of aromatic hydroxyl groups is 1. The molecule has 0 heterocycles. The molecular formula is C10H13NO2. The van der Waals surface area contributed by atoms with Gasteiger partial charge in [-0.05, 0) is 18.1 Å². The summed E-state index contributed by atoms with van der Waals surface area (Å²) < 4.78 is 4.99. The van der Waals surface area contributed by atoms with Gasteiger partial charge in [-0.3, -0.25) is 0 Å². The zero-order chi connectivity index (χ0) is 9.42. The molecule has 70 valence electrons. The predicted octanol–water partition coefficient (Wildman–Crippen LogP) is 1.22. The van der Waals surface area contributed by atoms with Crippen LogP contribution < -0.4 is 10.5 Å². The summed E-state index contributed by atoms with van der Waals surface area (Å²) in [5.74, 6) is 1.30. The van der Waals surface area contributed by atoms with Crippen molar-refractivity contribution >= 4 is 0 Å². The summed E-state index contributed by atoms with van der Waals surface area (Å²) in [6.45, 7) is 0. The first kappa shape index (κ1) is 8.38. The average Bonchev–Trinajstić information content (AvgIpc) is 2.82. The second-order valence-electron chi connectivity index (χ2n) is 3.43. The van der Waals surface area contributed by atoms with Crippen molar-refractivity contribution in [2.75, 3.05) is 7.11 Å². The van der Waals surface area contributed by atoms with Gasteiger partial charge in [-0.15, -0.1) is 0 Å². The highest BCUT2D eigenvalue weighted by Gasteiger charge is 2.36. The number of methoxy groups -OCH3 is 1. The maximum absolute atomic E-state index is 9.62. The fourth-order valence-corrected chi connectivity index (χ4v) is 1.54. The van der Waals surface area contributed by atoms with E-state index in [-0.39, 0.29) is 11.8 Å². The van der Waals surface area contributed by atoms with Gasteiger partial charge in [0.1, 0.15) is 11.5 Å². The smallest absolute Gasteiger partial charge is 0.122 e. The Kier molecular flexibility index (Phi) is 1.88. The first-order valence-corrected chi connectivity index (χ1v) is 4.35. The summed E-state index contributed by atoms with van der Waals surface area (Å²) in [6, 6.07) is 5.57. The van der Waals surface area contributed by atoms with Crippen molar-refractivity contribution in [3.05, 3.63) is 23.8 Å².